The van der Waals surface area contributed by atoms with Crippen molar-refractivity contribution in [2.45, 2.75) is 52.5 Å². The van der Waals surface area contributed by atoms with Crippen molar-refractivity contribution in [2.24, 2.45) is 5.92 Å². The maximum Gasteiger partial charge on any atom is 0.241 e. The van der Waals surface area contributed by atoms with Crippen LogP contribution in [0, 0.1) is 16.4 Å². The van der Waals surface area contributed by atoms with Crippen LogP contribution in [0.2, 0.25) is 0 Å². The Hall–Kier alpha value is -2.26. The molecule has 174 valence electrons. The number of likely N-dealkylation sites (tertiary alicyclic amines) is 1. The van der Waals surface area contributed by atoms with Crippen LogP contribution in [0.15, 0.2) is 47.0 Å². The highest BCUT2D eigenvalue weighted by Gasteiger charge is 2.27. The molecule has 2 aromatic carbocycles. The van der Waals surface area contributed by atoms with E-state index in [0.717, 1.165) is 39.8 Å². The molecule has 1 aliphatic heterocycles. The second-order valence-corrected chi connectivity index (χ2v) is 11.1. The molecule has 0 radical (unpaired) electrons. The molecule has 1 unspecified atom stereocenters. The lowest BCUT2D eigenvalue weighted by molar-refractivity contribution is -0.121. The maximum absolute atomic E-state index is 12.9. The van der Waals surface area contributed by atoms with Gasteiger partial charge in [-0.15, -0.1) is 0 Å². The summed E-state index contributed by atoms with van der Waals surface area (Å²) < 4.78 is 6.70. The Morgan fingerprint density at radius 3 is 2.67 bits per heavy atom. The lowest BCUT2D eigenvalue weighted by Gasteiger charge is -2.31. The molecule has 1 fully saturated rings. The summed E-state index contributed by atoms with van der Waals surface area (Å²) in [6.45, 7) is 10.8. The van der Waals surface area contributed by atoms with Gasteiger partial charge in [0.05, 0.1) is 12.5 Å². The molecular weight excluding hydrogens is 527 g/mol. The van der Waals surface area contributed by atoms with Gasteiger partial charge in [-0.25, -0.2) is 0 Å². The maximum atomic E-state index is 12.9. The molecule has 1 saturated heterocycles. The Bertz CT molecular complexity index is 1120. The summed E-state index contributed by atoms with van der Waals surface area (Å²) >= 11 is 2.28. The van der Waals surface area contributed by atoms with Crippen LogP contribution in [0.4, 0.5) is 5.69 Å². The van der Waals surface area contributed by atoms with Crippen molar-refractivity contribution in [2.75, 3.05) is 18.4 Å². The minimum Gasteiger partial charge on any atom is -0.338 e. The van der Waals surface area contributed by atoms with Crippen molar-refractivity contribution in [3.05, 3.63) is 63.1 Å². The van der Waals surface area contributed by atoms with E-state index in [9.17, 15) is 4.79 Å². The summed E-state index contributed by atoms with van der Waals surface area (Å²) in [4.78, 5) is 19.7. The Kier molecular flexibility index (Phi) is 7.19. The van der Waals surface area contributed by atoms with Gasteiger partial charge in [0.15, 0.2) is 0 Å². The Labute approximate surface area is 209 Å². The highest BCUT2D eigenvalue weighted by atomic mass is 127. The fourth-order valence-corrected chi connectivity index (χ4v) is 4.81. The molecule has 1 aromatic heterocycles. The average Bonchev–Trinajstić information content (AvgIpc) is 3.24. The van der Waals surface area contributed by atoms with Crippen LogP contribution in [-0.4, -0.2) is 34.0 Å². The molecule has 1 amide bonds. The van der Waals surface area contributed by atoms with E-state index in [0.29, 0.717) is 24.8 Å². The Morgan fingerprint density at radius 1 is 1.21 bits per heavy atom. The number of aromatic nitrogens is 2. The second-order valence-electron chi connectivity index (χ2n) is 9.86. The van der Waals surface area contributed by atoms with Gasteiger partial charge in [0, 0.05) is 21.4 Å². The van der Waals surface area contributed by atoms with Crippen LogP contribution in [-0.2, 0) is 16.8 Å². The van der Waals surface area contributed by atoms with Crippen LogP contribution in [0.25, 0.3) is 11.4 Å². The third-order valence-electron chi connectivity index (χ3n) is 6.16. The molecule has 0 saturated carbocycles. The standard InChI is InChI=1S/C26H31IN4O2/c1-17-14-21(27)11-12-22(17)28-25(32)19-6-5-13-31(15-19)16-23-29-24(30-33-23)18-7-9-20(10-8-18)26(2,3)4/h7-12,14,19H,5-6,13,15-16H2,1-4H3,(H,28,32). The van der Waals surface area contributed by atoms with Gasteiger partial charge < -0.3 is 9.84 Å². The number of aryl methyl sites for hydroxylation is 1. The van der Waals surface area contributed by atoms with Gasteiger partial charge in [-0.05, 0) is 83.6 Å². The fourth-order valence-electron chi connectivity index (χ4n) is 4.16. The molecule has 6 nitrogen and oxygen atoms in total. The molecule has 0 spiro atoms. The summed E-state index contributed by atoms with van der Waals surface area (Å²) in [5.74, 6) is 1.21. The monoisotopic (exact) mass is 558 g/mol. The van der Waals surface area contributed by atoms with E-state index < -0.39 is 0 Å². The molecule has 1 aliphatic rings. The van der Waals surface area contributed by atoms with E-state index >= 15 is 0 Å². The van der Waals surface area contributed by atoms with Gasteiger partial charge in [0.25, 0.3) is 0 Å². The molecule has 1 N–H and O–H groups in total. The number of piperidine rings is 1. The minimum atomic E-state index is -0.0511. The summed E-state index contributed by atoms with van der Waals surface area (Å²) in [7, 11) is 0. The summed E-state index contributed by atoms with van der Waals surface area (Å²) in [5, 5.41) is 7.29. The SMILES string of the molecule is Cc1cc(I)ccc1NC(=O)C1CCCN(Cc2nc(-c3ccc(C(C)(C)C)cc3)no2)C1. The molecule has 33 heavy (non-hydrogen) atoms. The second kappa shape index (κ2) is 9.93. The number of benzene rings is 2. The van der Waals surface area contributed by atoms with Crippen LogP contribution < -0.4 is 5.32 Å². The number of hydrogen-bond donors (Lipinski definition) is 1. The quantitative estimate of drug-likeness (QED) is 0.401. The van der Waals surface area contributed by atoms with E-state index in [1.165, 1.54) is 5.56 Å². The highest BCUT2D eigenvalue weighted by Crippen LogP contribution is 2.26. The van der Waals surface area contributed by atoms with E-state index in [4.69, 9.17) is 4.52 Å². The van der Waals surface area contributed by atoms with Gasteiger partial charge in [0.1, 0.15) is 0 Å². The van der Waals surface area contributed by atoms with Crippen LogP contribution >= 0.6 is 22.6 Å². The summed E-state index contributed by atoms with van der Waals surface area (Å²) in [5.41, 5.74) is 4.29. The number of nitrogens with one attached hydrogen (secondary N) is 1. The van der Waals surface area contributed by atoms with Crippen molar-refractivity contribution >= 4 is 34.2 Å². The third-order valence-corrected chi connectivity index (χ3v) is 6.83. The molecule has 2 heterocycles. The first kappa shape index (κ1) is 23.9. The van der Waals surface area contributed by atoms with Crippen LogP contribution in [0.5, 0.6) is 0 Å². The largest absolute Gasteiger partial charge is 0.338 e. The molecule has 4 rings (SSSR count). The normalized spacial score (nSPS) is 17.2. The van der Waals surface area contributed by atoms with Crippen molar-refractivity contribution < 1.29 is 9.32 Å². The number of amides is 1. The molecule has 0 aliphatic carbocycles. The average molecular weight is 558 g/mol. The molecule has 0 bridgehead atoms. The topological polar surface area (TPSA) is 71.3 Å². The van der Waals surface area contributed by atoms with E-state index in [1.54, 1.807) is 0 Å². The molecule has 1 atom stereocenters. The van der Waals surface area contributed by atoms with Crippen LogP contribution in [0.3, 0.4) is 0 Å². The predicted molar refractivity (Wildman–Crippen MR) is 139 cm³/mol. The summed E-state index contributed by atoms with van der Waals surface area (Å²) in [6, 6.07) is 14.4. The van der Waals surface area contributed by atoms with Gasteiger partial charge in [-0.1, -0.05) is 50.2 Å². The number of nitrogens with zero attached hydrogens (tertiary/aromatic N) is 3. The zero-order valence-electron chi connectivity index (χ0n) is 19.7. The third kappa shape index (κ3) is 6.00. The zero-order chi connectivity index (χ0) is 23.6. The van der Waals surface area contributed by atoms with Gasteiger partial charge in [-0.3, -0.25) is 9.69 Å². The van der Waals surface area contributed by atoms with Gasteiger partial charge in [-0.2, -0.15) is 4.98 Å². The Morgan fingerprint density at radius 2 is 1.97 bits per heavy atom. The molecular formula is C26H31IN4O2. The lowest BCUT2D eigenvalue weighted by atomic mass is 9.87. The number of rotatable bonds is 5. The molecule has 7 heteroatoms. The van der Waals surface area contributed by atoms with E-state index in [-0.39, 0.29) is 17.2 Å². The van der Waals surface area contributed by atoms with E-state index in [1.807, 2.05) is 31.2 Å². The fraction of sp³-hybridized carbons (Fsp3) is 0.423. The minimum absolute atomic E-state index is 0.0511. The first-order valence-electron chi connectivity index (χ1n) is 11.4. The van der Waals surface area contributed by atoms with Crippen LogP contribution in [0.1, 0.15) is 50.6 Å². The highest BCUT2D eigenvalue weighted by molar-refractivity contribution is 14.1. The van der Waals surface area contributed by atoms with Gasteiger partial charge >= 0.3 is 0 Å². The van der Waals surface area contributed by atoms with Crippen molar-refractivity contribution in [3.8, 4) is 11.4 Å². The first-order valence-corrected chi connectivity index (χ1v) is 12.5. The predicted octanol–water partition coefficient (Wildman–Crippen LogP) is 5.80. The number of carbonyl (C=O) groups is 1. The number of hydrogen-bond acceptors (Lipinski definition) is 5. The van der Waals surface area contributed by atoms with Crippen molar-refractivity contribution in [1.82, 2.24) is 15.0 Å². The lowest BCUT2D eigenvalue weighted by Crippen LogP contribution is -2.40. The Balaban J connectivity index is 1.37. The van der Waals surface area contributed by atoms with Crippen molar-refractivity contribution in [1.29, 1.82) is 0 Å². The number of halogens is 1. The molecule has 3 aromatic rings. The van der Waals surface area contributed by atoms with E-state index in [2.05, 4.69) is 81.9 Å². The number of anilines is 1. The van der Waals surface area contributed by atoms with Crippen molar-refractivity contribution in [3.63, 3.8) is 0 Å². The smallest absolute Gasteiger partial charge is 0.241 e. The summed E-state index contributed by atoms with van der Waals surface area (Å²) in [6.07, 6.45) is 1.86. The zero-order valence-corrected chi connectivity index (χ0v) is 21.8. The van der Waals surface area contributed by atoms with Gasteiger partial charge in [0.2, 0.25) is 17.6 Å². The first-order chi connectivity index (χ1) is 15.7. The number of carbonyl (C=O) groups excluding carboxylic acids is 1.